The second-order valence-electron chi connectivity index (χ2n) is 5.71. The minimum Gasteiger partial charge on any atom is -0.310 e. The van der Waals surface area contributed by atoms with Gasteiger partial charge in [-0.3, -0.25) is 4.79 Å². The molecule has 0 aromatic carbocycles. The van der Waals surface area contributed by atoms with Crippen molar-refractivity contribution in [2.24, 2.45) is 0 Å². The summed E-state index contributed by atoms with van der Waals surface area (Å²) in [7, 11) is 0. The van der Waals surface area contributed by atoms with Gasteiger partial charge in [0.1, 0.15) is 5.52 Å². The van der Waals surface area contributed by atoms with Crippen molar-refractivity contribution < 1.29 is 0 Å². The van der Waals surface area contributed by atoms with Gasteiger partial charge in [-0.25, -0.2) is 4.52 Å². The van der Waals surface area contributed by atoms with Crippen LogP contribution >= 0.6 is 0 Å². The molecule has 0 radical (unpaired) electrons. The molecule has 3 aromatic rings. The molecular formula is C15H17N5O. The molecule has 6 nitrogen and oxygen atoms in total. The first kappa shape index (κ1) is 12.5. The molecule has 3 aromatic heterocycles. The third-order valence-electron chi connectivity index (χ3n) is 4.39. The first-order valence-electron chi connectivity index (χ1n) is 7.56. The normalized spacial score (nSPS) is 17.3. The lowest BCUT2D eigenvalue weighted by molar-refractivity contribution is 0.433. The molecule has 0 amide bonds. The molecule has 6 heteroatoms. The summed E-state index contributed by atoms with van der Waals surface area (Å²) >= 11 is 0. The third kappa shape index (κ3) is 2.02. The number of pyridine rings is 1. The maximum Gasteiger partial charge on any atom is 0.280 e. The minimum atomic E-state index is -0.0516. The molecular weight excluding hydrogens is 266 g/mol. The molecule has 4 rings (SSSR count). The van der Waals surface area contributed by atoms with E-state index in [0.29, 0.717) is 17.2 Å². The van der Waals surface area contributed by atoms with Crippen LogP contribution in [-0.4, -0.2) is 24.4 Å². The monoisotopic (exact) mass is 283 g/mol. The summed E-state index contributed by atoms with van der Waals surface area (Å²) in [6.07, 6.45) is 10.6. The summed E-state index contributed by atoms with van der Waals surface area (Å²) in [5.74, 6) is 0. The van der Waals surface area contributed by atoms with Crippen molar-refractivity contribution in [2.75, 3.05) is 0 Å². The Morgan fingerprint density at radius 3 is 2.67 bits per heavy atom. The van der Waals surface area contributed by atoms with Crippen LogP contribution in [0.25, 0.3) is 16.7 Å². The van der Waals surface area contributed by atoms with Gasteiger partial charge in [0.2, 0.25) is 0 Å². The molecule has 0 N–H and O–H groups in total. The zero-order valence-electron chi connectivity index (χ0n) is 11.8. The average Bonchev–Trinajstić information content (AvgIpc) is 2.83. The van der Waals surface area contributed by atoms with Gasteiger partial charge in [0.25, 0.3) is 5.56 Å². The molecule has 0 bridgehead atoms. The van der Waals surface area contributed by atoms with Crippen molar-refractivity contribution >= 4 is 16.7 Å². The largest absolute Gasteiger partial charge is 0.310 e. The minimum absolute atomic E-state index is 0.0516. The first-order valence-corrected chi connectivity index (χ1v) is 7.56. The fourth-order valence-electron chi connectivity index (χ4n) is 3.28. The van der Waals surface area contributed by atoms with Crippen LogP contribution in [0, 0.1) is 0 Å². The average molecular weight is 283 g/mol. The molecule has 0 aliphatic heterocycles. The highest BCUT2D eigenvalue weighted by molar-refractivity contribution is 5.74. The number of fused-ring (bicyclic) bond motifs is 3. The van der Waals surface area contributed by atoms with Gasteiger partial charge in [-0.05, 0) is 18.9 Å². The Bertz CT molecular complexity index is 842. The second kappa shape index (κ2) is 4.95. The van der Waals surface area contributed by atoms with Gasteiger partial charge in [-0.2, -0.15) is 5.10 Å². The lowest BCUT2D eigenvalue weighted by Crippen LogP contribution is -2.25. The van der Waals surface area contributed by atoms with E-state index in [9.17, 15) is 4.79 Å². The summed E-state index contributed by atoms with van der Waals surface area (Å²) in [5.41, 5.74) is 1.73. The summed E-state index contributed by atoms with van der Waals surface area (Å²) in [6.45, 7) is 0. The maximum atomic E-state index is 12.7. The number of hydrogen-bond donors (Lipinski definition) is 0. The highest BCUT2D eigenvalue weighted by Gasteiger charge is 2.17. The Hall–Kier alpha value is -2.24. The van der Waals surface area contributed by atoms with Gasteiger partial charge in [0.15, 0.2) is 11.2 Å². The van der Waals surface area contributed by atoms with Crippen molar-refractivity contribution in [1.29, 1.82) is 0 Å². The molecule has 1 aliphatic rings. The second-order valence-corrected chi connectivity index (χ2v) is 5.71. The van der Waals surface area contributed by atoms with E-state index in [2.05, 4.69) is 15.3 Å². The molecule has 1 saturated carbocycles. The van der Waals surface area contributed by atoms with E-state index >= 15 is 0 Å². The van der Waals surface area contributed by atoms with E-state index in [1.54, 1.807) is 16.8 Å². The zero-order valence-corrected chi connectivity index (χ0v) is 11.8. The molecule has 21 heavy (non-hydrogen) atoms. The molecule has 1 fully saturated rings. The molecule has 0 spiro atoms. The van der Waals surface area contributed by atoms with E-state index in [1.165, 1.54) is 25.7 Å². The molecule has 0 saturated heterocycles. The lowest BCUT2D eigenvalue weighted by Gasteiger charge is -2.17. The van der Waals surface area contributed by atoms with Crippen LogP contribution in [0.5, 0.6) is 0 Å². The van der Waals surface area contributed by atoms with E-state index in [0.717, 1.165) is 18.4 Å². The van der Waals surface area contributed by atoms with Gasteiger partial charge in [-0.1, -0.05) is 25.7 Å². The predicted octanol–water partition coefficient (Wildman–Crippen LogP) is 2.33. The molecule has 0 atom stereocenters. The molecule has 108 valence electrons. The fraction of sp³-hybridized carbons (Fsp3) is 0.467. The van der Waals surface area contributed by atoms with Crippen LogP contribution < -0.4 is 5.56 Å². The predicted molar refractivity (Wildman–Crippen MR) is 79.3 cm³/mol. The van der Waals surface area contributed by atoms with Crippen molar-refractivity contribution in [2.45, 2.75) is 44.6 Å². The number of hydrogen-bond acceptors (Lipinski definition) is 4. The summed E-state index contributed by atoms with van der Waals surface area (Å²) in [4.78, 5) is 12.7. The molecule has 1 aliphatic carbocycles. The maximum absolute atomic E-state index is 12.7. The van der Waals surface area contributed by atoms with Gasteiger partial charge >= 0.3 is 0 Å². The highest BCUT2D eigenvalue weighted by atomic mass is 16.1. The van der Waals surface area contributed by atoms with Crippen molar-refractivity contribution in [3.05, 3.63) is 34.9 Å². The van der Waals surface area contributed by atoms with Crippen LogP contribution in [0.2, 0.25) is 0 Å². The van der Waals surface area contributed by atoms with Crippen LogP contribution in [0.3, 0.4) is 0 Å². The third-order valence-corrected chi connectivity index (χ3v) is 4.39. The standard InChI is InChI=1S/C15H17N5O/c21-15-14-12(20-13(17-18-14)7-9-16-20)8-10-19(15)11-5-3-1-2-4-6-11/h7-11H,1-6H2. The van der Waals surface area contributed by atoms with Crippen molar-refractivity contribution in [3.63, 3.8) is 0 Å². The Kier molecular flexibility index (Phi) is 2.94. The van der Waals surface area contributed by atoms with Crippen LogP contribution in [0.15, 0.2) is 29.3 Å². The summed E-state index contributed by atoms with van der Waals surface area (Å²) < 4.78 is 3.51. The van der Waals surface area contributed by atoms with Gasteiger partial charge in [0, 0.05) is 18.3 Å². The Balaban J connectivity index is 1.89. The van der Waals surface area contributed by atoms with Gasteiger partial charge < -0.3 is 4.57 Å². The highest BCUT2D eigenvalue weighted by Crippen LogP contribution is 2.26. The quantitative estimate of drug-likeness (QED) is 0.643. The number of aromatic nitrogens is 5. The van der Waals surface area contributed by atoms with E-state index in [4.69, 9.17) is 0 Å². The van der Waals surface area contributed by atoms with Crippen LogP contribution in [-0.2, 0) is 0 Å². The first-order chi connectivity index (χ1) is 10.3. The van der Waals surface area contributed by atoms with Gasteiger partial charge in [-0.15, -0.1) is 10.2 Å². The topological polar surface area (TPSA) is 65.1 Å². The smallest absolute Gasteiger partial charge is 0.280 e. The summed E-state index contributed by atoms with van der Waals surface area (Å²) in [5, 5.41) is 12.4. The van der Waals surface area contributed by atoms with Crippen molar-refractivity contribution in [3.8, 4) is 0 Å². The lowest BCUT2D eigenvalue weighted by atomic mass is 10.1. The SMILES string of the molecule is O=c1c2nnc3ccnn3c2ccn1C1CCCCCC1. The fourth-order valence-corrected chi connectivity index (χ4v) is 3.28. The van der Waals surface area contributed by atoms with Crippen LogP contribution in [0.1, 0.15) is 44.6 Å². The van der Waals surface area contributed by atoms with E-state index in [1.807, 2.05) is 16.8 Å². The number of nitrogens with zero attached hydrogens (tertiary/aromatic N) is 5. The number of rotatable bonds is 1. The van der Waals surface area contributed by atoms with Crippen molar-refractivity contribution in [1.82, 2.24) is 24.4 Å². The Morgan fingerprint density at radius 1 is 1.05 bits per heavy atom. The molecule has 3 heterocycles. The Labute approximate surface area is 121 Å². The van der Waals surface area contributed by atoms with E-state index in [-0.39, 0.29) is 5.56 Å². The zero-order chi connectivity index (χ0) is 14.2. The Morgan fingerprint density at radius 2 is 1.86 bits per heavy atom. The van der Waals surface area contributed by atoms with Crippen LogP contribution in [0.4, 0.5) is 0 Å². The van der Waals surface area contributed by atoms with E-state index < -0.39 is 0 Å². The molecule has 0 unspecified atom stereocenters. The summed E-state index contributed by atoms with van der Waals surface area (Å²) in [6, 6.07) is 4.00. The van der Waals surface area contributed by atoms with Gasteiger partial charge in [0.05, 0.1) is 6.20 Å².